The van der Waals surface area contributed by atoms with Gasteiger partial charge in [0.15, 0.2) is 0 Å². The number of rotatable bonds is 3. The number of carbonyl (C=O) groups excluding carboxylic acids is 1. The zero-order valence-electron chi connectivity index (χ0n) is 11.0. The monoisotopic (exact) mass is 325 g/mol. The van der Waals surface area contributed by atoms with E-state index in [1.165, 1.54) is 12.8 Å². The number of aromatic nitrogens is 1. The summed E-state index contributed by atoms with van der Waals surface area (Å²) in [7, 11) is 0. The van der Waals surface area contributed by atoms with Crippen LogP contribution >= 0.6 is 15.9 Å². The zero-order chi connectivity index (χ0) is 13.2. The van der Waals surface area contributed by atoms with Gasteiger partial charge in [0.1, 0.15) is 5.69 Å². The quantitative estimate of drug-likeness (QED) is 0.896. The van der Waals surface area contributed by atoms with Crippen molar-refractivity contribution >= 4 is 21.8 Å². The predicted molar refractivity (Wildman–Crippen MR) is 78.4 cm³/mol. The molecule has 1 saturated carbocycles. The first-order chi connectivity index (χ1) is 9.24. The van der Waals surface area contributed by atoms with E-state index in [1.807, 2.05) is 12.3 Å². The van der Waals surface area contributed by atoms with Crippen molar-refractivity contribution < 1.29 is 4.79 Å². The molecular weight excluding hydrogens is 306 g/mol. The van der Waals surface area contributed by atoms with Crippen LogP contribution in [0.4, 0.5) is 0 Å². The standard InChI is InChI=1S/C14H20BrN3O/c15-10-8-13(18(9-10)12-3-4-12)14(19)17-11-2-1-6-16-7-5-11/h8-9,11-12,16H,1-7H2,(H,17,19). The molecule has 2 fully saturated rings. The molecule has 4 nitrogen and oxygen atoms in total. The minimum Gasteiger partial charge on any atom is -0.348 e. The number of hydrogen-bond acceptors (Lipinski definition) is 2. The predicted octanol–water partition coefficient (Wildman–Crippen LogP) is 2.46. The maximum absolute atomic E-state index is 12.4. The van der Waals surface area contributed by atoms with Gasteiger partial charge in [0.2, 0.25) is 0 Å². The highest BCUT2D eigenvalue weighted by Crippen LogP contribution is 2.37. The molecule has 2 heterocycles. The molecule has 2 N–H and O–H groups in total. The Morgan fingerprint density at radius 3 is 2.95 bits per heavy atom. The fourth-order valence-corrected chi connectivity index (χ4v) is 3.14. The fourth-order valence-electron chi connectivity index (χ4n) is 2.71. The fraction of sp³-hybridized carbons (Fsp3) is 0.643. The van der Waals surface area contributed by atoms with Gasteiger partial charge in [-0.25, -0.2) is 0 Å². The van der Waals surface area contributed by atoms with Crippen LogP contribution in [0.15, 0.2) is 16.7 Å². The molecule has 1 unspecified atom stereocenters. The number of amides is 1. The third-order valence-electron chi connectivity index (χ3n) is 3.90. The Morgan fingerprint density at radius 2 is 2.16 bits per heavy atom. The van der Waals surface area contributed by atoms with Crippen molar-refractivity contribution in [1.82, 2.24) is 15.2 Å². The first-order valence-electron chi connectivity index (χ1n) is 7.13. The van der Waals surface area contributed by atoms with Gasteiger partial charge in [-0.05, 0) is 67.2 Å². The highest BCUT2D eigenvalue weighted by molar-refractivity contribution is 9.10. The lowest BCUT2D eigenvalue weighted by Gasteiger charge is -2.16. The Labute approximate surface area is 122 Å². The van der Waals surface area contributed by atoms with Crippen LogP contribution in [0.2, 0.25) is 0 Å². The Balaban J connectivity index is 1.69. The van der Waals surface area contributed by atoms with Crippen LogP contribution < -0.4 is 10.6 Å². The lowest BCUT2D eigenvalue weighted by molar-refractivity contribution is 0.0924. The van der Waals surface area contributed by atoms with Gasteiger partial charge in [-0.15, -0.1) is 0 Å². The highest BCUT2D eigenvalue weighted by Gasteiger charge is 2.28. The molecule has 3 rings (SSSR count). The van der Waals surface area contributed by atoms with E-state index in [1.54, 1.807) is 0 Å². The Kier molecular flexibility index (Phi) is 3.93. The van der Waals surface area contributed by atoms with E-state index in [0.29, 0.717) is 12.1 Å². The SMILES string of the molecule is O=C(NC1CCCNCC1)c1cc(Br)cn1C1CC1. The third-order valence-corrected chi connectivity index (χ3v) is 4.33. The van der Waals surface area contributed by atoms with Gasteiger partial charge in [0.05, 0.1) is 0 Å². The molecule has 19 heavy (non-hydrogen) atoms. The minimum absolute atomic E-state index is 0.0736. The second-order valence-corrected chi connectivity index (χ2v) is 6.45. The largest absolute Gasteiger partial charge is 0.348 e. The summed E-state index contributed by atoms with van der Waals surface area (Å²) in [5.74, 6) is 0.0736. The maximum atomic E-state index is 12.4. The van der Waals surface area contributed by atoms with Crippen molar-refractivity contribution in [2.75, 3.05) is 13.1 Å². The molecule has 1 aliphatic carbocycles. The van der Waals surface area contributed by atoms with E-state index in [4.69, 9.17) is 0 Å². The molecule has 1 atom stereocenters. The van der Waals surface area contributed by atoms with Crippen LogP contribution in [-0.2, 0) is 0 Å². The molecule has 5 heteroatoms. The van der Waals surface area contributed by atoms with Gasteiger partial charge in [-0.3, -0.25) is 4.79 Å². The van der Waals surface area contributed by atoms with Crippen LogP contribution in [0.1, 0.15) is 48.6 Å². The minimum atomic E-state index is 0.0736. The topological polar surface area (TPSA) is 46.1 Å². The summed E-state index contributed by atoms with van der Waals surface area (Å²) < 4.78 is 3.11. The Bertz CT molecular complexity index is 459. The second kappa shape index (κ2) is 5.67. The van der Waals surface area contributed by atoms with Gasteiger partial charge in [-0.1, -0.05) is 0 Å². The first-order valence-corrected chi connectivity index (χ1v) is 7.92. The van der Waals surface area contributed by atoms with Crippen molar-refractivity contribution in [2.24, 2.45) is 0 Å². The van der Waals surface area contributed by atoms with E-state index in [2.05, 4.69) is 31.1 Å². The van der Waals surface area contributed by atoms with E-state index in [9.17, 15) is 4.79 Å². The number of nitrogens with one attached hydrogen (secondary N) is 2. The molecule has 0 radical (unpaired) electrons. The molecule has 1 aromatic heterocycles. The summed E-state index contributed by atoms with van der Waals surface area (Å²) in [5, 5.41) is 6.56. The van der Waals surface area contributed by atoms with Crippen LogP contribution in [0.3, 0.4) is 0 Å². The lowest BCUT2D eigenvalue weighted by Crippen LogP contribution is -2.36. The van der Waals surface area contributed by atoms with Gasteiger partial charge >= 0.3 is 0 Å². The van der Waals surface area contributed by atoms with Crippen LogP contribution in [0.5, 0.6) is 0 Å². The van der Waals surface area contributed by atoms with Crippen molar-refractivity contribution in [2.45, 2.75) is 44.2 Å². The van der Waals surface area contributed by atoms with Gasteiger partial charge in [0, 0.05) is 22.8 Å². The average molecular weight is 326 g/mol. The number of halogens is 1. The van der Waals surface area contributed by atoms with E-state index in [0.717, 1.165) is 42.5 Å². The molecular formula is C14H20BrN3O. The first kappa shape index (κ1) is 13.2. The highest BCUT2D eigenvalue weighted by atomic mass is 79.9. The third kappa shape index (κ3) is 3.20. The summed E-state index contributed by atoms with van der Waals surface area (Å²) in [6, 6.07) is 2.77. The normalized spacial score (nSPS) is 23.9. The summed E-state index contributed by atoms with van der Waals surface area (Å²) in [4.78, 5) is 12.4. The lowest BCUT2D eigenvalue weighted by atomic mass is 10.1. The molecule has 1 aromatic rings. The summed E-state index contributed by atoms with van der Waals surface area (Å²) >= 11 is 3.47. The molecule has 0 spiro atoms. The number of hydrogen-bond donors (Lipinski definition) is 2. The van der Waals surface area contributed by atoms with E-state index in [-0.39, 0.29) is 5.91 Å². The second-order valence-electron chi connectivity index (χ2n) is 5.53. The van der Waals surface area contributed by atoms with Crippen molar-refractivity contribution in [1.29, 1.82) is 0 Å². The molecule has 1 aliphatic heterocycles. The molecule has 0 aromatic carbocycles. The average Bonchev–Trinajstić information content (AvgIpc) is 3.17. The number of carbonyl (C=O) groups is 1. The van der Waals surface area contributed by atoms with Gasteiger partial charge in [0.25, 0.3) is 5.91 Å². The van der Waals surface area contributed by atoms with Crippen LogP contribution in [-0.4, -0.2) is 29.6 Å². The van der Waals surface area contributed by atoms with Crippen molar-refractivity contribution in [3.8, 4) is 0 Å². The summed E-state index contributed by atoms with van der Waals surface area (Å²) in [6.45, 7) is 2.06. The van der Waals surface area contributed by atoms with Crippen LogP contribution in [0, 0.1) is 0 Å². The molecule has 0 bridgehead atoms. The van der Waals surface area contributed by atoms with E-state index < -0.39 is 0 Å². The molecule has 104 valence electrons. The number of nitrogens with zero attached hydrogens (tertiary/aromatic N) is 1. The summed E-state index contributed by atoms with van der Waals surface area (Å²) in [6.07, 6.45) is 7.64. The molecule has 1 amide bonds. The Morgan fingerprint density at radius 1 is 1.32 bits per heavy atom. The smallest absolute Gasteiger partial charge is 0.268 e. The van der Waals surface area contributed by atoms with Gasteiger partial charge < -0.3 is 15.2 Å². The van der Waals surface area contributed by atoms with Crippen molar-refractivity contribution in [3.63, 3.8) is 0 Å². The van der Waals surface area contributed by atoms with Crippen LogP contribution in [0.25, 0.3) is 0 Å². The zero-order valence-corrected chi connectivity index (χ0v) is 12.6. The maximum Gasteiger partial charge on any atom is 0.268 e. The van der Waals surface area contributed by atoms with Gasteiger partial charge in [-0.2, -0.15) is 0 Å². The molecule has 2 aliphatic rings. The Hall–Kier alpha value is -0.810. The van der Waals surface area contributed by atoms with E-state index >= 15 is 0 Å². The van der Waals surface area contributed by atoms with Crippen molar-refractivity contribution in [3.05, 3.63) is 22.4 Å². The molecule has 1 saturated heterocycles. The summed E-state index contributed by atoms with van der Waals surface area (Å²) in [5.41, 5.74) is 0.798.